The largest absolute Gasteiger partial charge is 0.489 e. The number of H-pyrrole nitrogens is 1. The van der Waals surface area contributed by atoms with Crippen molar-refractivity contribution >= 4 is 0 Å². The summed E-state index contributed by atoms with van der Waals surface area (Å²) in [6.45, 7) is 0.0777. The summed E-state index contributed by atoms with van der Waals surface area (Å²) >= 11 is 0. The summed E-state index contributed by atoms with van der Waals surface area (Å²) in [6.07, 6.45) is 0.104. The first kappa shape index (κ1) is 29.8. The Labute approximate surface area is 246 Å². The average molecular weight is 603 g/mol. The number of aliphatic hydroxyl groups is 1. The minimum atomic E-state index is -4.20. The number of aromatic amines is 1. The second-order valence-corrected chi connectivity index (χ2v) is 9.48. The van der Waals surface area contributed by atoms with Crippen LogP contribution in [-0.4, -0.2) is 30.7 Å². The molecule has 0 aliphatic heterocycles. The van der Waals surface area contributed by atoms with E-state index in [1.54, 1.807) is 36.4 Å². The summed E-state index contributed by atoms with van der Waals surface area (Å²) in [6, 6.07) is 16.6. The molecular formula is C31H19F5N6O2. The maximum atomic E-state index is 15.9. The van der Waals surface area contributed by atoms with Crippen LogP contribution in [0.5, 0.6) is 5.75 Å². The molecule has 2 heterocycles. The van der Waals surface area contributed by atoms with Crippen LogP contribution in [0.15, 0.2) is 79.0 Å². The van der Waals surface area contributed by atoms with Gasteiger partial charge in [-0.05, 0) is 60.2 Å². The highest BCUT2D eigenvalue weighted by molar-refractivity contribution is 5.44. The van der Waals surface area contributed by atoms with Gasteiger partial charge in [0, 0.05) is 29.0 Å². The van der Waals surface area contributed by atoms with Crippen LogP contribution < -0.4 is 4.74 Å². The third-order valence-corrected chi connectivity index (χ3v) is 6.55. The van der Waals surface area contributed by atoms with Gasteiger partial charge >= 0.3 is 5.92 Å². The summed E-state index contributed by atoms with van der Waals surface area (Å²) in [5.41, 5.74) is -3.72. The van der Waals surface area contributed by atoms with E-state index in [0.29, 0.717) is 22.9 Å². The quantitative estimate of drug-likeness (QED) is 0.188. The fourth-order valence-electron chi connectivity index (χ4n) is 4.24. The van der Waals surface area contributed by atoms with Crippen molar-refractivity contribution in [3.8, 4) is 23.7 Å². The highest BCUT2D eigenvalue weighted by Crippen LogP contribution is 2.47. The molecule has 2 aromatic heterocycles. The molecule has 0 saturated heterocycles. The van der Waals surface area contributed by atoms with Crippen molar-refractivity contribution in [2.24, 2.45) is 0 Å². The summed E-state index contributed by atoms with van der Waals surface area (Å²) in [5.74, 6) is -1.43. The molecular weight excluding hydrogens is 583 g/mol. The van der Waals surface area contributed by atoms with Gasteiger partial charge < -0.3 is 9.84 Å². The van der Waals surface area contributed by atoms with Crippen LogP contribution in [-0.2, 0) is 24.6 Å². The van der Waals surface area contributed by atoms with E-state index in [9.17, 15) is 18.3 Å². The first-order chi connectivity index (χ1) is 21.1. The van der Waals surface area contributed by atoms with Crippen molar-refractivity contribution in [2.45, 2.75) is 24.6 Å². The van der Waals surface area contributed by atoms with Gasteiger partial charge in [-0.25, -0.2) is 13.2 Å². The van der Waals surface area contributed by atoms with Crippen LogP contribution in [0.25, 0.3) is 0 Å². The van der Waals surface area contributed by atoms with Crippen molar-refractivity contribution in [3.63, 3.8) is 0 Å². The van der Waals surface area contributed by atoms with Gasteiger partial charge in [-0.15, -0.1) is 10.2 Å². The van der Waals surface area contributed by atoms with E-state index in [1.165, 1.54) is 18.2 Å². The van der Waals surface area contributed by atoms with Gasteiger partial charge in [0.05, 0.1) is 12.0 Å². The molecule has 1 unspecified atom stereocenters. The molecule has 0 spiro atoms. The van der Waals surface area contributed by atoms with Crippen molar-refractivity contribution in [1.29, 1.82) is 5.26 Å². The fourth-order valence-corrected chi connectivity index (χ4v) is 4.24. The second-order valence-electron chi connectivity index (χ2n) is 9.48. The minimum absolute atomic E-state index is 0.0578. The fraction of sp³-hybridized carbons (Fsp3) is 0.129. The second kappa shape index (κ2) is 12.3. The van der Waals surface area contributed by atoms with Crippen molar-refractivity contribution in [3.05, 3.63) is 136 Å². The van der Waals surface area contributed by atoms with Crippen molar-refractivity contribution in [2.75, 3.05) is 0 Å². The molecule has 0 amide bonds. The Morgan fingerprint density at radius 2 is 1.64 bits per heavy atom. The van der Waals surface area contributed by atoms with E-state index in [2.05, 4.69) is 37.4 Å². The molecule has 13 heteroatoms. The van der Waals surface area contributed by atoms with Gasteiger partial charge in [0.15, 0.2) is 11.4 Å². The Bertz CT molecular complexity index is 1880. The molecule has 2 N–H and O–H groups in total. The Balaban J connectivity index is 1.31. The van der Waals surface area contributed by atoms with E-state index in [1.807, 2.05) is 0 Å². The molecule has 220 valence electrons. The number of hydrogen-bond donors (Lipinski definition) is 2. The van der Waals surface area contributed by atoms with Gasteiger partial charge in [0.2, 0.25) is 0 Å². The first-order valence-corrected chi connectivity index (χ1v) is 12.8. The van der Waals surface area contributed by atoms with Crippen LogP contribution in [0.2, 0.25) is 0 Å². The van der Waals surface area contributed by atoms with Gasteiger partial charge in [-0.3, -0.25) is 4.98 Å². The van der Waals surface area contributed by atoms with Gasteiger partial charge in [-0.2, -0.15) is 19.3 Å². The van der Waals surface area contributed by atoms with Crippen molar-refractivity contribution < 1.29 is 31.8 Å². The SMILES string of the molecule is N#Cc1ccc(COc2ccc(C#Cc3ccc(C(F)(F)C(O)(Cc4nn[nH]n4)c4ccc(F)cc4F)nc3)cc2)cc1F. The molecule has 8 nitrogen and oxygen atoms in total. The monoisotopic (exact) mass is 602 g/mol. The number of halogens is 5. The van der Waals surface area contributed by atoms with Crippen LogP contribution >= 0.6 is 0 Å². The average Bonchev–Trinajstić information content (AvgIpc) is 3.52. The van der Waals surface area contributed by atoms with Gasteiger partial charge in [0.25, 0.3) is 0 Å². The maximum absolute atomic E-state index is 15.9. The normalized spacial score (nSPS) is 12.5. The van der Waals surface area contributed by atoms with Crippen LogP contribution in [0.4, 0.5) is 22.0 Å². The molecule has 0 aliphatic rings. The lowest BCUT2D eigenvalue weighted by molar-refractivity contribution is -0.199. The molecule has 1 atom stereocenters. The third kappa shape index (κ3) is 6.23. The lowest BCUT2D eigenvalue weighted by Gasteiger charge is -2.35. The number of benzene rings is 3. The number of aromatic nitrogens is 5. The molecule has 0 radical (unpaired) electrons. The lowest BCUT2D eigenvalue weighted by Crippen LogP contribution is -2.46. The molecule has 3 aromatic carbocycles. The Kier molecular flexibility index (Phi) is 8.33. The summed E-state index contributed by atoms with van der Waals surface area (Å²) in [7, 11) is 0. The Morgan fingerprint density at radius 1 is 0.886 bits per heavy atom. The Morgan fingerprint density at radius 3 is 2.27 bits per heavy atom. The molecule has 5 rings (SSSR count). The molecule has 0 fully saturated rings. The standard InChI is InChI=1S/C31H19F5N6O2/c32-23-8-11-25(27(34)14-23)30(43,15-29-39-41-42-40-29)31(35,36)28-12-6-20(17-38-28)2-1-19-4-9-24(10-5-19)44-18-21-3-7-22(16-37)26(33)13-21/h3-14,17,43H,15,18H2,(H,39,40,41,42). The van der Waals surface area contributed by atoms with E-state index in [4.69, 9.17) is 10.00 Å². The van der Waals surface area contributed by atoms with Crippen molar-refractivity contribution in [1.82, 2.24) is 25.6 Å². The van der Waals surface area contributed by atoms with Gasteiger partial charge in [-0.1, -0.05) is 29.2 Å². The number of nitriles is 1. The first-order valence-electron chi connectivity index (χ1n) is 12.8. The number of nitrogens with one attached hydrogen (secondary N) is 1. The number of ether oxygens (including phenoxy) is 1. The zero-order valence-electron chi connectivity index (χ0n) is 22.4. The number of pyridine rings is 1. The zero-order valence-corrected chi connectivity index (χ0v) is 22.4. The van der Waals surface area contributed by atoms with E-state index in [-0.39, 0.29) is 23.6 Å². The topological polar surface area (TPSA) is 121 Å². The molecule has 0 aliphatic carbocycles. The highest BCUT2D eigenvalue weighted by Gasteiger charge is 2.58. The predicted octanol–water partition coefficient (Wildman–Crippen LogP) is 5.08. The van der Waals surface area contributed by atoms with Gasteiger partial charge in [0.1, 0.15) is 41.6 Å². The van der Waals surface area contributed by atoms with Crippen LogP contribution in [0.1, 0.15) is 39.3 Å². The highest BCUT2D eigenvalue weighted by atomic mass is 19.3. The number of tetrazole rings is 1. The van der Waals surface area contributed by atoms with E-state index in [0.717, 1.165) is 24.4 Å². The smallest absolute Gasteiger partial charge is 0.322 e. The number of hydrogen-bond acceptors (Lipinski definition) is 7. The molecule has 44 heavy (non-hydrogen) atoms. The number of nitrogens with zero attached hydrogens (tertiary/aromatic N) is 5. The third-order valence-electron chi connectivity index (χ3n) is 6.55. The summed E-state index contributed by atoms with van der Waals surface area (Å²) < 4.78 is 79.3. The molecule has 5 aromatic rings. The predicted molar refractivity (Wildman–Crippen MR) is 144 cm³/mol. The summed E-state index contributed by atoms with van der Waals surface area (Å²) in [5, 5.41) is 32.6. The minimum Gasteiger partial charge on any atom is -0.489 e. The number of alkyl halides is 2. The number of rotatable bonds is 8. The Hall–Kier alpha value is -5.66. The molecule has 0 saturated carbocycles. The zero-order chi connectivity index (χ0) is 31.3. The lowest BCUT2D eigenvalue weighted by atomic mass is 9.81. The van der Waals surface area contributed by atoms with Crippen LogP contribution in [0, 0.1) is 40.6 Å². The van der Waals surface area contributed by atoms with Crippen LogP contribution in [0.3, 0.4) is 0 Å². The van der Waals surface area contributed by atoms with E-state index < -0.39 is 46.7 Å². The maximum Gasteiger partial charge on any atom is 0.322 e. The summed E-state index contributed by atoms with van der Waals surface area (Å²) in [4.78, 5) is 3.78. The molecule has 0 bridgehead atoms. The van der Waals surface area contributed by atoms with E-state index >= 15 is 8.78 Å².